The number of benzene rings is 2. The summed E-state index contributed by atoms with van der Waals surface area (Å²) in [4.78, 5) is 11.9. The molecule has 1 aliphatic heterocycles. The molecule has 2 heterocycles. The highest BCUT2D eigenvalue weighted by Crippen LogP contribution is 2.43. The van der Waals surface area contributed by atoms with E-state index in [0.717, 1.165) is 37.6 Å². The minimum atomic E-state index is 0.837. The van der Waals surface area contributed by atoms with Gasteiger partial charge in [0.05, 0.1) is 12.2 Å². The van der Waals surface area contributed by atoms with E-state index in [1.54, 1.807) is 0 Å². The number of pyridine rings is 1. The molecule has 0 aliphatic carbocycles. The summed E-state index contributed by atoms with van der Waals surface area (Å²) in [7, 11) is 4.25. The Kier molecular flexibility index (Phi) is 5.31. The molecule has 0 spiro atoms. The summed E-state index contributed by atoms with van der Waals surface area (Å²) in [5.41, 5.74) is 6.27. The second kappa shape index (κ2) is 8.03. The Balaban J connectivity index is 1.83. The van der Waals surface area contributed by atoms with E-state index in [1.165, 1.54) is 22.5 Å². The number of aryl methyl sites for hydroxylation is 1. The van der Waals surface area contributed by atoms with Crippen molar-refractivity contribution < 1.29 is 0 Å². The molecular weight excluding hydrogens is 344 g/mol. The second-order valence-electron chi connectivity index (χ2n) is 7.66. The molecule has 144 valence electrons. The smallest absolute Gasteiger partial charge is 0.157 e. The summed E-state index contributed by atoms with van der Waals surface area (Å²) < 4.78 is 0. The van der Waals surface area contributed by atoms with Gasteiger partial charge in [-0.15, -0.1) is 0 Å². The largest absolute Gasteiger partial charge is 0.334 e. The van der Waals surface area contributed by atoms with Crippen LogP contribution in [0.4, 0.5) is 22.9 Å². The van der Waals surface area contributed by atoms with Gasteiger partial charge in [0, 0.05) is 24.1 Å². The summed E-state index contributed by atoms with van der Waals surface area (Å²) in [6.07, 6.45) is 2.99. The molecule has 0 saturated carbocycles. The second-order valence-corrected chi connectivity index (χ2v) is 7.66. The van der Waals surface area contributed by atoms with Gasteiger partial charge in [0.1, 0.15) is 0 Å². The van der Waals surface area contributed by atoms with Crippen LogP contribution in [0.3, 0.4) is 0 Å². The third-order valence-electron chi connectivity index (χ3n) is 5.32. The Morgan fingerprint density at radius 1 is 0.893 bits per heavy atom. The predicted octanol–water partition coefficient (Wildman–Crippen LogP) is 5.13. The maximum atomic E-state index is 4.83. The van der Waals surface area contributed by atoms with Crippen molar-refractivity contribution in [2.24, 2.45) is 0 Å². The molecule has 1 aliphatic rings. The van der Waals surface area contributed by atoms with Gasteiger partial charge in [0.25, 0.3) is 0 Å². The van der Waals surface area contributed by atoms with Crippen LogP contribution < -0.4 is 9.80 Å². The van der Waals surface area contributed by atoms with Gasteiger partial charge in [0.2, 0.25) is 0 Å². The fourth-order valence-electron chi connectivity index (χ4n) is 3.94. The van der Waals surface area contributed by atoms with E-state index in [-0.39, 0.29) is 0 Å². The van der Waals surface area contributed by atoms with Crippen molar-refractivity contribution >= 4 is 22.9 Å². The Hall–Kier alpha value is -2.85. The van der Waals surface area contributed by atoms with Crippen molar-refractivity contribution in [1.29, 1.82) is 0 Å². The molecular formula is C24H28N4. The van der Waals surface area contributed by atoms with Gasteiger partial charge in [-0.2, -0.15) is 0 Å². The van der Waals surface area contributed by atoms with Gasteiger partial charge in [-0.05, 0) is 69.4 Å². The molecule has 3 aromatic rings. The van der Waals surface area contributed by atoms with Crippen LogP contribution in [-0.4, -0.2) is 37.1 Å². The van der Waals surface area contributed by atoms with Crippen molar-refractivity contribution in [2.75, 3.05) is 37.0 Å². The van der Waals surface area contributed by atoms with E-state index < -0.39 is 0 Å². The minimum absolute atomic E-state index is 0.837. The van der Waals surface area contributed by atoms with Crippen LogP contribution in [0.1, 0.15) is 17.5 Å². The van der Waals surface area contributed by atoms with Gasteiger partial charge in [0.15, 0.2) is 5.82 Å². The molecule has 28 heavy (non-hydrogen) atoms. The lowest BCUT2D eigenvalue weighted by atomic mass is 10.1. The zero-order chi connectivity index (χ0) is 19.5. The fourth-order valence-corrected chi connectivity index (χ4v) is 3.94. The number of hydrogen-bond donors (Lipinski definition) is 0. The zero-order valence-corrected chi connectivity index (χ0v) is 17.0. The van der Waals surface area contributed by atoms with Crippen molar-refractivity contribution in [3.05, 3.63) is 78.0 Å². The number of nitrogens with zero attached hydrogens (tertiary/aromatic N) is 4. The van der Waals surface area contributed by atoms with Gasteiger partial charge in [-0.3, -0.25) is 0 Å². The van der Waals surface area contributed by atoms with Gasteiger partial charge < -0.3 is 14.7 Å². The molecule has 4 heteroatoms. The summed E-state index contributed by atoms with van der Waals surface area (Å²) in [5.74, 6) is 1.04. The first-order valence-corrected chi connectivity index (χ1v) is 9.93. The lowest BCUT2D eigenvalue weighted by molar-refractivity contribution is 0.402. The molecule has 0 saturated heterocycles. The van der Waals surface area contributed by atoms with E-state index in [2.05, 4.69) is 90.3 Å². The van der Waals surface area contributed by atoms with E-state index >= 15 is 0 Å². The van der Waals surface area contributed by atoms with Crippen LogP contribution in [0, 0.1) is 6.92 Å². The van der Waals surface area contributed by atoms with E-state index in [1.807, 2.05) is 12.3 Å². The Morgan fingerprint density at radius 3 is 2.39 bits per heavy atom. The summed E-state index contributed by atoms with van der Waals surface area (Å²) in [6, 6.07) is 21.6. The van der Waals surface area contributed by atoms with Crippen LogP contribution >= 0.6 is 0 Å². The lowest BCUT2D eigenvalue weighted by Crippen LogP contribution is -2.24. The normalized spacial score (nSPS) is 13.3. The topological polar surface area (TPSA) is 22.6 Å². The Morgan fingerprint density at radius 2 is 1.61 bits per heavy atom. The van der Waals surface area contributed by atoms with Crippen molar-refractivity contribution in [1.82, 2.24) is 9.88 Å². The minimum Gasteiger partial charge on any atom is -0.334 e. The lowest BCUT2D eigenvalue weighted by Gasteiger charge is -2.28. The molecule has 0 fully saturated rings. The Labute approximate surface area is 168 Å². The molecule has 4 nitrogen and oxygen atoms in total. The SMILES string of the molecule is Cc1ccccc1N1Cc2ccccc2N(CCCN(C)C)c2ncccc21. The first kappa shape index (κ1) is 18.5. The van der Waals surface area contributed by atoms with Crippen LogP contribution in [0.5, 0.6) is 0 Å². The molecule has 0 unspecified atom stereocenters. The summed E-state index contributed by atoms with van der Waals surface area (Å²) >= 11 is 0. The standard InChI is InChI=1S/C24H28N4/c1-19-10-4-6-12-21(19)28-18-20-11-5-7-13-22(20)27(17-9-16-26(2)3)24-23(28)14-8-15-25-24/h4-8,10-15H,9,16-18H2,1-3H3. The number of fused-ring (bicyclic) bond motifs is 2. The highest BCUT2D eigenvalue weighted by molar-refractivity contribution is 5.83. The van der Waals surface area contributed by atoms with Gasteiger partial charge in [-0.1, -0.05) is 36.4 Å². The maximum absolute atomic E-state index is 4.83. The molecule has 0 N–H and O–H groups in total. The molecule has 2 aromatic carbocycles. The molecule has 4 rings (SSSR count). The number of hydrogen-bond acceptors (Lipinski definition) is 4. The van der Waals surface area contributed by atoms with Crippen molar-refractivity contribution in [3.63, 3.8) is 0 Å². The highest BCUT2D eigenvalue weighted by atomic mass is 15.3. The van der Waals surface area contributed by atoms with Crippen LogP contribution in [0.2, 0.25) is 0 Å². The fraction of sp³-hybridized carbons (Fsp3) is 0.292. The summed E-state index contributed by atoms with van der Waals surface area (Å²) in [5, 5.41) is 0. The third kappa shape index (κ3) is 3.60. The highest BCUT2D eigenvalue weighted by Gasteiger charge is 2.26. The monoisotopic (exact) mass is 372 g/mol. The molecule has 0 amide bonds. The quantitative estimate of drug-likeness (QED) is 0.619. The number of anilines is 4. The molecule has 0 radical (unpaired) electrons. The zero-order valence-electron chi connectivity index (χ0n) is 17.0. The predicted molar refractivity (Wildman–Crippen MR) is 118 cm³/mol. The van der Waals surface area contributed by atoms with E-state index in [4.69, 9.17) is 4.98 Å². The van der Waals surface area contributed by atoms with Gasteiger partial charge in [-0.25, -0.2) is 4.98 Å². The first-order chi connectivity index (χ1) is 13.6. The van der Waals surface area contributed by atoms with Crippen LogP contribution in [-0.2, 0) is 6.54 Å². The van der Waals surface area contributed by atoms with E-state index in [9.17, 15) is 0 Å². The number of para-hydroxylation sites is 2. The van der Waals surface area contributed by atoms with Gasteiger partial charge >= 0.3 is 0 Å². The summed E-state index contributed by atoms with van der Waals surface area (Å²) in [6.45, 7) is 5.02. The van der Waals surface area contributed by atoms with Crippen molar-refractivity contribution in [2.45, 2.75) is 19.9 Å². The number of rotatable bonds is 5. The van der Waals surface area contributed by atoms with Crippen molar-refractivity contribution in [3.8, 4) is 0 Å². The molecule has 1 aromatic heterocycles. The molecule has 0 bridgehead atoms. The van der Waals surface area contributed by atoms with Crippen LogP contribution in [0.25, 0.3) is 0 Å². The molecule has 0 atom stereocenters. The average molecular weight is 373 g/mol. The first-order valence-electron chi connectivity index (χ1n) is 9.93. The maximum Gasteiger partial charge on any atom is 0.157 e. The van der Waals surface area contributed by atoms with E-state index in [0.29, 0.717) is 0 Å². The third-order valence-corrected chi connectivity index (χ3v) is 5.32. The Bertz CT molecular complexity index is 951. The van der Waals surface area contributed by atoms with Crippen LogP contribution in [0.15, 0.2) is 66.9 Å². The average Bonchev–Trinajstić information content (AvgIpc) is 2.84. The number of aromatic nitrogens is 1.